The van der Waals surface area contributed by atoms with Gasteiger partial charge in [0.1, 0.15) is 6.54 Å². The Balaban J connectivity index is 0. The molecule has 0 amide bonds. The van der Waals surface area contributed by atoms with Crippen molar-refractivity contribution in [2.45, 2.75) is 45.4 Å². The van der Waals surface area contributed by atoms with Gasteiger partial charge in [0.05, 0.1) is 33.5 Å². The Bertz CT molecular complexity index is 281. The molecular weight excluding hydrogens is 266 g/mol. The summed E-state index contributed by atoms with van der Waals surface area (Å²) < 4.78 is 26.8. The third kappa shape index (κ3) is 27.1. The van der Waals surface area contributed by atoms with Crippen LogP contribution in [0.1, 0.15) is 45.4 Å². The molecule has 0 aliphatic rings. The van der Waals surface area contributed by atoms with Crippen LogP contribution < -0.4 is 0 Å². The minimum absolute atomic E-state index is 0.308. The number of aliphatic hydroxyl groups is 1. The Kier molecular flexibility index (Phi) is 12.9. The second kappa shape index (κ2) is 11.6. The van der Waals surface area contributed by atoms with Crippen molar-refractivity contribution in [2.75, 3.05) is 40.0 Å². The van der Waals surface area contributed by atoms with Crippen LogP contribution in [0.3, 0.4) is 0 Å². The van der Waals surface area contributed by atoms with Crippen LogP contribution in [0, 0.1) is 0 Å². The highest BCUT2D eigenvalue weighted by molar-refractivity contribution is 7.85. The molecule has 0 fully saturated rings. The standard InChI is InChI=1S/C12H28NO.CH4O3S/c1-4-5-6-7-8-9-10-13(2,3)11-12-14;1-5(2,3)4/h14H,4-12H2,1-3H3;1H3,(H,2,3,4)/q+1;. The molecule has 6 heteroatoms. The van der Waals surface area contributed by atoms with E-state index in [4.69, 9.17) is 9.66 Å². The van der Waals surface area contributed by atoms with Crippen LogP contribution in [-0.4, -0.2) is 62.6 Å². The lowest BCUT2D eigenvalue weighted by Crippen LogP contribution is -2.42. The molecule has 0 aromatic rings. The van der Waals surface area contributed by atoms with Gasteiger partial charge < -0.3 is 9.59 Å². The lowest BCUT2D eigenvalue weighted by atomic mass is 10.1. The second-order valence-electron chi connectivity index (χ2n) is 5.61. The highest BCUT2D eigenvalue weighted by Gasteiger charge is 2.12. The minimum Gasteiger partial charge on any atom is -0.391 e. The van der Waals surface area contributed by atoms with E-state index < -0.39 is 10.1 Å². The fraction of sp³-hybridized carbons (Fsp3) is 1.00. The summed E-state index contributed by atoms with van der Waals surface area (Å²) in [4.78, 5) is 0. The number of rotatable bonds is 9. The molecule has 0 unspecified atom stereocenters. The van der Waals surface area contributed by atoms with E-state index in [9.17, 15) is 8.42 Å². The van der Waals surface area contributed by atoms with Crippen molar-refractivity contribution in [3.05, 3.63) is 0 Å². The van der Waals surface area contributed by atoms with Crippen molar-refractivity contribution in [3.8, 4) is 0 Å². The van der Waals surface area contributed by atoms with Crippen LogP contribution in [0.15, 0.2) is 0 Å². The molecule has 0 aliphatic heterocycles. The molecule has 0 radical (unpaired) electrons. The first-order valence-corrected chi connectivity index (χ1v) is 8.82. The molecule has 0 saturated carbocycles. The van der Waals surface area contributed by atoms with Gasteiger partial charge in [-0.1, -0.05) is 32.6 Å². The Labute approximate surface area is 119 Å². The predicted molar refractivity (Wildman–Crippen MR) is 79.8 cm³/mol. The van der Waals surface area contributed by atoms with E-state index >= 15 is 0 Å². The van der Waals surface area contributed by atoms with E-state index in [1.807, 2.05) is 0 Å². The average molecular weight is 298 g/mol. The van der Waals surface area contributed by atoms with Crippen molar-refractivity contribution in [1.82, 2.24) is 0 Å². The zero-order valence-corrected chi connectivity index (χ0v) is 13.7. The van der Waals surface area contributed by atoms with E-state index in [-0.39, 0.29) is 0 Å². The summed E-state index contributed by atoms with van der Waals surface area (Å²) in [6.45, 7) is 4.64. The number of aliphatic hydroxyl groups excluding tert-OH is 1. The molecule has 0 spiro atoms. The summed E-state index contributed by atoms with van der Waals surface area (Å²) >= 11 is 0. The van der Waals surface area contributed by atoms with Crippen LogP contribution in [-0.2, 0) is 10.1 Å². The molecule has 0 saturated heterocycles. The molecule has 0 aromatic carbocycles. The zero-order chi connectivity index (χ0) is 15.4. The van der Waals surface area contributed by atoms with E-state index in [0.29, 0.717) is 12.9 Å². The van der Waals surface area contributed by atoms with Crippen molar-refractivity contribution < 1.29 is 22.6 Å². The highest BCUT2D eigenvalue weighted by atomic mass is 32.2. The van der Waals surface area contributed by atoms with Gasteiger partial charge in [0.25, 0.3) is 10.1 Å². The third-order valence-corrected chi connectivity index (χ3v) is 2.82. The summed E-state index contributed by atoms with van der Waals surface area (Å²) in [7, 11) is 0.727. The molecule has 2 N–H and O–H groups in total. The van der Waals surface area contributed by atoms with Gasteiger partial charge >= 0.3 is 0 Å². The summed E-state index contributed by atoms with van der Waals surface area (Å²) in [5, 5.41) is 8.86. The fourth-order valence-electron chi connectivity index (χ4n) is 1.70. The first kappa shape index (κ1) is 21.1. The normalized spacial score (nSPS) is 11.9. The van der Waals surface area contributed by atoms with Gasteiger partial charge in [-0.05, 0) is 12.8 Å². The maximum atomic E-state index is 9.19. The van der Waals surface area contributed by atoms with Crippen LogP contribution in [0.4, 0.5) is 0 Å². The largest absolute Gasteiger partial charge is 0.391 e. The lowest BCUT2D eigenvalue weighted by molar-refractivity contribution is -0.890. The van der Waals surface area contributed by atoms with Gasteiger partial charge in [-0.15, -0.1) is 0 Å². The molecular formula is C13H32NO4S+. The molecule has 0 aromatic heterocycles. The first-order chi connectivity index (χ1) is 8.62. The van der Waals surface area contributed by atoms with Gasteiger partial charge in [-0.2, -0.15) is 8.42 Å². The first-order valence-electron chi connectivity index (χ1n) is 6.97. The zero-order valence-electron chi connectivity index (χ0n) is 12.9. The summed E-state index contributed by atoms with van der Waals surface area (Å²) in [6.07, 6.45) is 8.86. The van der Waals surface area contributed by atoms with Gasteiger partial charge in [0, 0.05) is 0 Å². The molecule has 0 aliphatic carbocycles. The van der Waals surface area contributed by atoms with E-state index in [2.05, 4.69) is 21.0 Å². The van der Waals surface area contributed by atoms with E-state index in [1.54, 1.807) is 0 Å². The predicted octanol–water partition coefficient (Wildman–Crippen LogP) is 1.92. The Morgan fingerprint density at radius 1 is 0.947 bits per heavy atom. The summed E-state index contributed by atoms with van der Waals surface area (Å²) in [5.74, 6) is 0. The molecule has 0 atom stereocenters. The third-order valence-electron chi connectivity index (χ3n) is 2.82. The number of hydrogen-bond acceptors (Lipinski definition) is 3. The fourth-order valence-corrected chi connectivity index (χ4v) is 1.70. The quantitative estimate of drug-likeness (QED) is 0.387. The van der Waals surface area contributed by atoms with Crippen molar-refractivity contribution in [2.24, 2.45) is 0 Å². The Hall–Kier alpha value is -0.170. The van der Waals surface area contributed by atoms with Gasteiger partial charge in [0.15, 0.2) is 0 Å². The number of quaternary nitrogens is 1. The van der Waals surface area contributed by atoms with Gasteiger partial charge in [-0.25, -0.2) is 0 Å². The van der Waals surface area contributed by atoms with Gasteiger partial charge in [0.2, 0.25) is 0 Å². The summed E-state index contributed by atoms with van der Waals surface area (Å²) in [6, 6.07) is 0. The van der Waals surface area contributed by atoms with Crippen LogP contribution in [0.2, 0.25) is 0 Å². The van der Waals surface area contributed by atoms with Crippen LogP contribution in [0.5, 0.6) is 0 Å². The molecule has 0 bridgehead atoms. The number of nitrogens with zero attached hydrogens (tertiary/aromatic N) is 1. The summed E-state index contributed by atoms with van der Waals surface area (Å²) in [5.41, 5.74) is 0. The topological polar surface area (TPSA) is 74.6 Å². The minimum atomic E-state index is -3.67. The SMILES string of the molecule is CCCCCCCC[N+](C)(C)CCO.CS(=O)(=O)O. The smallest absolute Gasteiger partial charge is 0.261 e. The average Bonchev–Trinajstić information content (AvgIpc) is 2.20. The van der Waals surface area contributed by atoms with E-state index in [1.165, 1.54) is 45.1 Å². The lowest BCUT2D eigenvalue weighted by Gasteiger charge is -2.28. The molecule has 0 heterocycles. The molecule has 0 rings (SSSR count). The number of unbranched alkanes of at least 4 members (excludes halogenated alkanes) is 5. The van der Waals surface area contributed by atoms with Gasteiger partial charge in [-0.3, -0.25) is 4.55 Å². The number of hydrogen-bond donors (Lipinski definition) is 2. The van der Waals surface area contributed by atoms with Crippen molar-refractivity contribution in [3.63, 3.8) is 0 Å². The Morgan fingerprint density at radius 3 is 1.79 bits per heavy atom. The molecule has 118 valence electrons. The molecule has 5 nitrogen and oxygen atoms in total. The van der Waals surface area contributed by atoms with Crippen LogP contribution >= 0.6 is 0 Å². The van der Waals surface area contributed by atoms with Crippen molar-refractivity contribution in [1.29, 1.82) is 0 Å². The maximum absolute atomic E-state index is 9.19. The second-order valence-corrected chi connectivity index (χ2v) is 7.07. The van der Waals surface area contributed by atoms with Crippen molar-refractivity contribution >= 4 is 10.1 Å². The van der Waals surface area contributed by atoms with E-state index in [0.717, 1.165) is 11.0 Å². The number of likely N-dealkylation sites (N-methyl/N-ethyl adjacent to an activating group) is 1. The highest BCUT2D eigenvalue weighted by Crippen LogP contribution is 2.07. The Morgan fingerprint density at radius 2 is 1.37 bits per heavy atom. The monoisotopic (exact) mass is 298 g/mol. The van der Waals surface area contributed by atoms with Crippen LogP contribution in [0.25, 0.3) is 0 Å². The molecule has 19 heavy (non-hydrogen) atoms. The maximum Gasteiger partial charge on any atom is 0.261 e.